The summed E-state index contributed by atoms with van der Waals surface area (Å²) in [5, 5.41) is 1.71. The van der Waals surface area contributed by atoms with Crippen molar-refractivity contribution >= 4 is 27.3 Å². The van der Waals surface area contributed by atoms with Gasteiger partial charge in [-0.15, -0.1) is 11.3 Å². The van der Waals surface area contributed by atoms with Crippen molar-refractivity contribution in [1.82, 2.24) is 4.72 Å². The van der Waals surface area contributed by atoms with E-state index >= 15 is 0 Å². The van der Waals surface area contributed by atoms with E-state index in [1.54, 1.807) is 18.4 Å². The number of aryl methyl sites for hydroxylation is 1. The fraction of sp³-hybridized carbons (Fsp3) is 0.615. The Hall–Kier alpha value is -0.880. The van der Waals surface area contributed by atoms with Gasteiger partial charge in [-0.05, 0) is 42.2 Å². The molecule has 0 saturated heterocycles. The minimum atomic E-state index is -3.70. The van der Waals surface area contributed by atoms with Crippen LogP contribution in [0.5, 0.6) is 0 Å². The lowest BCUT2D eigenvalue weighted by atomic mass is 9.85. The standard InChI is InChI=1S/C13H19NO3S2/c1-10-5-8-18-12(10)19(16,17)14-11(15)9-13(2)6-3-4-7-13/h5,8H,3-4,6-7,9H2,1-2H3,(H,14,15). The molecule has 1 fully saturated rings. The average molecular weight is 301 g/mol. The van der Waals surface area contributed by atoms with Crippen molar-refractivity contribution in [3.05, 3.63) is 17.0 Å². The molecular weight excluding hydrogens is 282 g/mol. The third-order valence-corrected chi connectivity index (χ3v) is 6.77. The predicted molar refractivity (Wildman–Crippen MR) is 75.6 cm³/mol. The number of hydrogen-bond donors (Lipinski definition) is 1. The summed E-state index contributed by atoms with van der Waals surface area (Å²) < 4.78 is 26.6. The Kier molecular flexibility index (Phi) is 4.01. The molecule has 0 unspecified atom stereocenters. The molecule has 0 atom stereocenters. The summed E-state index contributed by atoms with van der Waals surface area (Å²) in [7, 11) is -3.70. The maximum absolute atomic E-state index is 12.1. The zero-order valence-corrected chi connectivity index (χ0v) is 12.9. The Balaban J connectivity index is 2.05. The molecule has 0 spiro atoms. The molecular formula is C13H19NO3S2. The van der Waals surface area contributed by atoms with Gasteiger partial charge in [-0.25, -0.2) is 13.1 Å². The van der Waals surface area contributed by atoms with Crippen LogP contribution in [-0.4, -0.2) is 14.3 Å². The molecule has 19 heavy (non-hydrogen) atoms. The maximum atomic E-state index is 12.1. The smallest absolute Gasteiger partial charge is 0.273 e. The molecule has 1 amide bonds. The highest BCUT2D eigenvalue weighted by molar-refractivity contribution is 7.92. The van der Waals surface area contributed by atoms with E-state index in [0.29, 0.717) is 5.56 Å². The minimum Gasteiger partial charge on any atom is -0.274 e. The van der Waals surface area contributed by atoms with E-state index in [1.165, 1.54) is 0 Å². The molecule has 1 aromatic rings. The van der Waals surface area contributed by atoms with Crippen LogP contribution in [0.3, 0.4) is 0 Å². The van der Waals surface area contributed by atoms with Gasteiger partial charge >= 0.3 is 0 Å². The molecule has 0 aliphatic heterocycles. The van der Waals surface area contributed by atoms with Crippen LogP contribution in [0.4, 0.5) is 0 Å². The molecule has 1 aromatic heterocycles. The molecule has 2 rings (SSSR count). The third-order valence-electron chi connectivity index (χ3n) is 3.71. The van der Waals surface area contributed by atoms with E-state index < -0.39 is 15.9 Å². The number of thiophene rings is 1. The van der Waals surface area contributed by atoms with Gasteiger partial charge in [-0.3, -0.25) is 4.79 Å². The largest absolute Gasteiger partial charge is 0.274 e. The first-order chi connectivity index (χ1) is 8.82. The Morgan fingerprint density at radius 1 is 1.42 bits per heavy atom. The van der Waals surface area contributed by atoms with Crippen molar-refractivity contribution in [3.8, 4) is 0 Å². The number of nitrogens with one attached hydrogen (secondary N) is 1. The molecule has 1 saturated carbocycles. The van der Waals surface area contributed by atoms with E-state index in [-0.39, 0.29) is 16.0 Å². The Bertz CT molecular complexity index is 568. The van der Waals surface area contributed by atoms with Crippen LogP contribution in [0.25, 0.3) is 0 Å². The van der Waals surface area contributed by atoms with Crippen molar-refractivity contribution < 1.29 is 13.2 Å². The van der Waals surface area contributed by atoms with Gasteiger partial charge < -0.3 is 0 Å². The number of rotatable bonds is 4. The highest BCUT2D eigenvalue weighted by Crippen LogP contribution is 2.40. The van der Waals surface area contributed by atoms with Gasteiger partial charge in [0.2, 0.25) is 5.91 Å². The molecule has 1 N–H and O–H groups in total. The highest BCUT2D eigenvalue weighted by atomic mass is 32.2. The molecule has 4 nitrogen and oxygen atoms in total. The molecule has 6 heteroatoms. The van der Waals surface area contributed by atoms with Crippen molar-refractivity contribution in [1.29, 1.82) is 0 Å². The van der Waals surface area contributed by atoms with Gasteiger partial charge in [0.05, 0.1) is 0 Å². The van der Waals surface area contributed by atoms with Crippen molar-refractivity contribution in [3.63, 3.8) is 0 Å². The zero-order valence-electron chi connectivity index (χ0n) is 11.2. The molecule has 1 heterocycles. The summed E-state index contributed by atoms with van der Waals surface area (Å²) in [6.45, 7) is 3.79. The molecule has 1 aliphatic rings. The molecule has 0 bridgehead atoms. The lowest BCUT2D eigenvalue weighted by Gasteiger charge is -2.22. The molecule has 106 valence electrons. The monoisotopic (exact) mass is 301 g/mol. The summed E-state index contributed by atoms with van der Waals surface area (Å²) in [5.41, 5.74) is 0.641. The van der Waals surface area contributed by atoms with Gasteiger partial charge in [0.25, 0.3) is 10.0 Å². The summed E-state index contributed by atoms with van der Waals surface area (Å²) in [6.07, 6.45) is 4.54. The second-order valence-electron chi connectivity index (χ2n) is 5.61. The van der Waals surface area contributed by atoms with E-state index in [4.69, 9.17) is 0 Å². The lowest BCUT2D eigenvalue weighted by Crippen LogP contribution is -2.33. The van der Waals surface area contributed by atoms with Crippen LogP contribution in [0.2, 0.25) is 0 Å². The second kappa shape index (κ2) is 5.25. The predicted octanol–water partition coefficient (Wildman–Crippen LogP) is 2.83. The quantitative estimate of drug-likeness (QED) is 0.930. The van der Waals surface area contributed by atoms with Gasteiger partial charge in [0.15, 0.2) is 0 Å². The normalized spacial score (nSPS) is 18.4. The fourth-order valence-electron chi connectivity index (χ4n) is 2.66. The van der Waals surface area contributed by atoms with E-state index in [0.717, 1.165) is 37.0 Å². The van der Waals surface area contributed by atoms with Crippen molar-refractivity contribution in [2.75, 3.05) is 0 Å². The molecule has 1 aliphatic carbocycles. The van der Waals surface area contributed by atoms with E-state index in [9.17, 15) is 13.2 Å². The van der Waals surface area contributed by atoms with Crippen LogP contribution in [0, 0.1) is 12.3 Å². The van der Waals surface area contributed by atoms with Crippen molar-refractivity contribution in [2.24, 2.45) is 5.41 Å². The van der Waals surface area contributed by atoms with Crippen LogP contribution in [-0.2, 0) is 14.8 Å². The number of amides is 1. The summed E-state index contributed by atoms with van der Waals surface area (Å²) in [6, 6.07) is 1.74. The highest BCUT2D eigenvalue weighted by Gasteiger charge is 2.32. The number of carbonyl (C=O) groups excluding carboxylic acids is 1. The second-order valence-corrected chi connectivity index (χ2v) is 8.41. The summed E-state index contributed by atoms with van der Waals surface area (Å²) in [4.78, 5) is 11.9. The van der Waals surface area contributed by atoms with Gasteiger partial charge in [-0.1, -0.05) is 19.8 Å². The van der Waals surface area contributed by atoms with Gasteiger partial charge in [-0.2, -0.15) is 0 Å². The third kappa shape index (κ3) is 3.36. The van der Waals surface area contributed by atoms with Gasteiger partial charge in [0, 0.05) is 6.42 Å². The fourth-order valence-corrected chi connectivity index (χ4v) is 5.06. The number of sulfonamides is 1. The van der Waals surface area contributed by atoms with Crippen LogP contribution in [0.1, 0.15) is 44.6 Å². The Morgan fingerprint density at radius 2 is 2.05 bits per heavy atom. The first-order valence-corrected chi connectivity index (χ1v) is 8.78. The maximum Gasteiger partial charge on any atom is 0.273 e. The summed E-state index contributed by atoms with van der Waals surface area (Å²) in [5.74, 6) is -0.391. The Morgan fingerprint density at radius 3 is 2.58 bits per heavy atom. The van der Waals surface area contributed by atoms with Crippen LogP contribution < -0.4 is 4.72 Å². The lowest BCUT2D eigenvalue weighted by molar-refractivity contribution is -0.121. The molecule has 0 aromatic carbocycles. The topological polar surface area (TPSA) is 63.2 Å². The average Bonchev–Trinajstić information content (AvgIpc) is 2.86. The number of hydrogen-bond acceptors (Lipinski definition) is 4. The van der Waals surface area contributed by atoms with E-state index in [2.05, 4.69) is 11.6 Å². The van der Waals surface area contributed by atoms with E-state index in [1.807, 2.05) is 0 Å². The first-order valence-electron chi connectivity index (χ1n) is 6.42. The first kappa shape index (κ1) is 14.5. The zero-order chi connectivity index (χ0) is 14.1. The SMILES string of the molecule is Cc1ccsc1S(=O)(=O)NC(=O)CC1(C)CCCC1. The Labute approximate surface area is 118 Å². The summed E-state index contributed by atoms with van der Waals surface area (Å²) >= 11 is 1.14. The van der Waals surface area contributed by atoms with Crippen molar-refractivity contribution in [2.45, 2.75) is 50.2 Å². The van der Waals surface area contributed by atoms with Crippen LogP contribution >= 0.6 is 11.3 Å². The molecule has 0 radical (unpaired) electrons. The van der Waals surface area contributed by atoms with Crippen LogP contribution in [0.15, 0.2) is 15.7 Å². The minimum absolute atomic E-state index is 0.0376. The number of carbonyl (C=O) groups is 1. The van der Waals surface area contributed by atoms with Gasteiger partial charge in [0.1, 0.15) is 4.21 Å².